The molecule has 0 bridgehead atoms. The highest BCUT2D eigenvalue weighted by Gasteiger charge is 2.18. The summed E-state index contributed by atoms with van der Waals surface area (Å²) >= 11 is 0. The molecule has 1 amide bonds. The molecule has 0 saturated heterocycles. The lowest BCUT2D eigenvalue weighted by atomic mass is 10.1. The Kier molecular flexibility index (Phi) is 6.47. The number of ketones is 1. The van der Waals surface area contributed by atoms with Crippen molar-refractivity contribution in [2.24, 2.45) is 0 Å². The Hall–Kier alpha value is -4.85. The number of carbonyl (C=O) groups excluding carboxylic acids is 2. The lowest BCUT2D eigenvalue weighted by Gasteiger charge is -2.12. The first-order valence-corrected chi connectivity index (χ1v) is 11.9. The Morgan fingerprint density at radius 3 is 2.51 bits per heavy atom. The van der Waals surface area contributed by atoms with Crippen molar-refractivity contribution in [2.75, 3.05) is 5.73 Å². The normalized spacial score (nSPS) is 11.0. The maximum Gasteiger partial charge on any atom is 0.251 e. The quantitative estimate of drug-likeness (QED) is 0.349. The number of rotatable bonds is 7. The van der Waals surface area contributed by atoms with Gasteiger partial charge in [0.15, 0.2) is 11.5 Å². The maximum absolute atomic E-state index is 12.7. The van der Waals surface area contributed by atoms with Crippen LogP contribution in [0.25, 0.3) is 28.2 Å². The summed E-state index contributed by atoms with van der Waals surface area (Å²) < 4.78 is 1.97. The lowest BCUT2D eigenvalue weighted by molar-refractivity contribution is -0.116. The molecule has 3 heterocycles. The molecule has 8 nitrogen and oxygen atoms in total. The summed E-state index contributed by atoms with van der Waals surface area (Å²) in [6.45, 7) is 3.84. The number of benzene rings is 2. The van der Waals surface area contributed by atoms with Gasteiger partial charge in [0, 0.05) is 36.1 Å². The van der Waals surface area contributed by atoms with Gasteiger partial charge in [-0.15, -0.1) is 0 Å². The van der Waals surface area contributed by atoms with Crippen molar-refractivity contribution in [3.8, 4) is 17.1 Å². The molecule has 0 spiro atoms. The second-order valence-electron chi connectivity index (χ2n) is 8.93. The van der Waals surface area contributed by atoms with Gasteiger partial charge >= 0.3 is 0 Å². The fourth-order valence-electron chi connectivity index (χ4n) is 4.24. The van der Waals surface area contributed by atoms with Crippen LogP contribution in [0.4, 0.5) is 5.82 Å². The number of carbonyl (C=O) groups is 2. The SMILES string of the molecule is CC(=O)Cc1cccc(C(=O)NCc2ccc(-n3c(-c4cccnc4N)nc4ccc(C)nc43)cc2)c1. The zero-order valence-electron chi connectivity index (χ0n) is 20.6. The minimum Gasteiger partial charge on any atom is -0.383 e. The number of nitrogen functional groups attached to an aromatic ring is 1. The van der Waals surface area contributed by atoms with E-state index in [0.29, 0.717) is 30.2 Å². The Labute approximate surface area is 214 Å². The van der Waals surface area contributed by atoms with Crippen molar-refractivity contribution in [2.45, 2.75) is 26.8 Å². The fourth-order valence-corrected chi connectivity index (χ4v) is 4.24. The predicted octanol–water partition coefficient (Wildman–Crippen LogP) is 4.43. The van der Waals surface area contributed by atoms with Gasteiger partial charge in [0.25, 0.3) is 5.91 Å². The molecule has 2 aromatic carbocycles. The number of hydrogen-bond acceptors (Lipinski definition) is 6. The molecule has 0 fully saturated rings. The van der Waals surface area contributed by atoms with Crippen LogP contribution >= 0.6 is 0 Å². The summed E-state index contributed by atoms with van der Waals surface area (Å²) in [5, 5.41) is 2.95. The van der Waals surface area contributed by atoms with Gasteiger partial charge in [0.2, 0.25) is 0 Å². The molecule has 0 atom stereocenters. The number of Topliss-reactive ketones (excluding diaryl/α,β-unsaturated/α-hetero) is 1. The third-order valence-electron chi connectivity index (χ3n) is 6.01. The third kappa shape index (κ3) is 5.08. The van der Waals surface area contributed by atoms with Crippen molar-refractivity contribution in [3.63, 3.8) is 0 Å². The summed E-state index contributed by atoms with van der Waals surface area (Å²) in [7, 11) is 0. The van der Waals surface area contributed by atoms with Gasteiger partial charge in [-0.25, -0.2) is 15.0 Å². The van der Waals surface area contributed by atoms with E-state index in [0.717, 1.165) is 39.2 Å². The Morgan fingerprint density at radius 1 is 0.946 bits per heavy atom. The van der Waals surface area contributed by atoms with Gasteiger partial charge in [0.1, 0.15) is 17.1 Å². The second-order valence-corrected chi connectivity index (χ2v) is 8.93. The van der Waals surface area contributed by atoms with Crippen molar-refractivity contribution in [1.82, 2.24) is 24.8 Å². The number of aromatic nitrogens is 4. The van der Waals surface area contributed by atoms with E-state index < -0.39 is 0 Å². The minimum atomic E-state index is -0.191. The van der Waals surface area contributed by atoms with Crippen LogP contribution in [0.5, 0.6) is 0 Å². The number of anilines is 1. The van der Waals surface area contributed by atoms with E-state index in [1.165, 1.54) is 6.92 Å². The molecule has 37 heavy (non-hydrogen) atoms. The van der Waals surface area contributed by atoms with Crippen molar-refractivity contribution >= 4 is 28.7 Å². The van der Waals surface area contributed by atoms with Crippen LogP contribution in [-0.2, 0) is 17.8 Å². The van der Waals surface area contributed by atoms with Gasteiger partial charge in [-0.3, -0.25) is 14.2 Å². The van der Waals surface area contributed by atoms with Crippen LogP contribution in [0.1, 0.15) is 34.1 Å². The van der Waals surface area contributed by atoms with Crippen LogP contribution in [0, 0.1) is 6.92 Å². The topological polar surface area (TPSA) is 116 Å². The summed E-state index contributed by atoms with van der Waals surface area (Å²) in [6.07, 6.45) is 1.96. The summed E-state index contributed by atoms with van der Waals surface area (Å²) in [5.41, 5.74) is 12.4. The zero-order valence-corrected chi connectivity index (χ0v) is 20.6. The summed E-state index contributed by atoms with van der Waals surface area (Å²) in [5.74, 6) is 0.917. The molecule has 184 valence electrons. The van der Waals surface area contributed by atoms with Gasteiger partial charge in [-0.1, -0.05) is 24.3 Å². The van der Waals surface area contributed by atoms with E-state index in [1.54, 1.807) is 24.4 Å². The molecular weight excluding hydrogens is 464 g/mol. The van der Waals surface area contributed by atoms with E-state index in [1.807, 2.05) is 66.1 Å². The van der Waals surface area contributed by atoms with Gasteiger partial charge < -0.3 is 11.1 Å². The summed E-state index contributed by atoms with van der Waals surface area (Å²) in [6, 6.07) is 22.6. The van der Waals surface area contributed by atoms with Gasteiger partial charge in [-0.05, 0) is 73.5 Å². The number of pyridine rings is 2. The van der Waals surface area contributed by atoms with Crippen LogP contribution < -0.4 is 11.1 Å². The zero-order chi connectivity index (χ0) is 25.9. The Morgan fingerprint density at radius 2 is 1.76 bits per heavy atom. The molecule has 0 unspecified atom stereocenters. The number of aryl methyl sites for hydroxylation is 1. The van der Waals surface area contributed by atoms with Crippen LogP contribution in [0.2, 0.25) is 0 Å². The molecule has 5 rings (SSSR count). The molecule has 0 radical (unpaired) electrons. The minimum absolute atomic E-state index is 0.0584. The number of amides is 1. The van der Waals surface area contributed by atoms with Crippen molar-refractivity contribution < 1.29 is 9.59 Å². The van der Waals surface area contributed by atoms with E-state index in [-0.39, 0.29) is 11.7 Å². The standard InChI is InChI=1S/C29H26N6O2/c1-18-8-13-25-28(33-18)35(27(34-25)24-7-4-14-31-26(24)30)23-11-9-20(10-12-23)17-32-29(37)22-6-3-5-21(16-22)15-19(2)36/h3-14,16H,15,17H2,1-2H3,(H2,30,31)(H,32,37). The molecule has 0 aliphatic rings. The number of fused-ring (bicyclic) bond motifs is 1. The highest BCUT2D eigenvalue weighted by molar-refractivity contribution is 5.94. The van der Waals surface area contributed by atoms with Gasteiger partial charge in [0.05, 0.1) is 5.56 Å². The first-order valence-electron chi connectivity index (χ1n) is 11.9. The van der Waals surface area contributed by atoms with E-state index >= 15 is 0 Å². The number of nitrogens with two attached hydrogens (primary N) is 1. The highest BCUT2D eigenvalue weighted by Crippen LogP contribution is 2.30. The largest absolute Gasteiger partial charge is 0.383 e. The Balaban J connectivity index is 1.41. The van der Waals surface area contributed by atoms with E-state index in [2.05, 4.69) is 10.3 Å². The first kappa shape index (κ1) is 23.9. The van der Waals surface area contributed by atoms with E-state index in [4.69, 9.17) is 15.7 Å². The predicted molar refractivity (Wildman–Crippen MR) is 143 cm³/mol. The van der Waals surface area contributed by atoms with Crippen LogP contribution in [0.15, 0.2) is 79.0 Å². The highest BCUT2D eigenvalue weighted by atomic mass is 16.1. The average molecular weight is 491 g/mol. The molecule has 0 saturated carbocycles. The van der Waals surface area contributed by atoms with Crippen molar-refractivity contribution in [1.29, 1.82) is 0 Å². The molecule has 8 heteroatoms. The molecule has 0 aliphatic heterocycles. The lowest BCUT2D eigenvalue weighted by Crippen LogP contribution is -2.23. The maximum atomic E-state index is 12.7. The molecule has 3 N–H and O–H groups in total. The van der Waals surface area contributed by atoms with E-state index in [9.17, 15) is 9.59 Å². The Bertz CT molecular complexity index is 1620. The number of hydrogen-bond donors (Lipinski definition) is 2. The fraction of sp³-hybridized carbons (Fsp3) is 0.138. The van der Waals surface area contributed by atoms with Crippen molar-refractivity contribution in [3.05, 3.63) is 101 Å². The number of nitrogens with one attached hydrogen (secondary N) is 1. The van der Waals surface area contributed by atoms with Crippen LogP contribution in [0.3, 0.4) is 0 Å². The monoisotopic (exact) mass is 490 g/mol. The third-order valence-corrected chi connectivity index (χ3v) is 6.01. The molecule has 3 aromatic heterocycles. The summed E-state index contributed by atoms with van der Waals surface area (Å²) in [4.78, 5) is 37.9. The smallest absolute Gasteiger partial charge is 0.251 e. The van der Waals surface area contributed by atoms with Gasteiger partial charge in [-0.2, -0.15) is 0 Å². The molecule has 0 aliphatic carbocycles. The van der Waals surface area contributed by atoms with Crippen LogP contribution in [-0.4, -0.2) is 31.2 Å². The molecular formula is C29H26N6O2. The second kappa shape index (κ2) is 10.0. The first-order chi connectivity index (χ1) is 17.9. The average Bonchev–Trinajstić information content (AvgIpc) is 3.26. The molecule has 5 aromatic rings. The number of nitrogens with zero attached hydrogens (tertiary/aromatic N) is 4. The number of imidazole rings is 1.